The van der Waals surface area contributed by atoms with Crippen LogP contribution >= 0.6 is 15.9 Å². The Kier molecular flexibility index (Phi) is 4.81. The Morgan fingerprint density at radius 1 is 0.562 bits per heavy atom. The SMILES string of the molecule is Brc1ccc(C2=CC=C(n3c4ccccc4c4cc(-c5ccccc5)ccc43)CC2)cc1. The van der Waals surface area contributed by atoms with Crippen molar-refractivity contribution in [2.75, 3.05) is 0 Å². The highest BCUT2D eigenvalue weighted by molar-refractivity contribution is 9.10. The lowest BCUT2D eigenvalue weighted by Crippen LogP contribution is -2.01. The predicted molar refractivity (Wildman–Crippen MR) is 141 cm³/mol. The third-order valence-electron chi connectivity index (χ3n) is 6.41. The van der Waals surface area contributed by atoms with E-state index in [0.29, 0.717) is 0 Å². The average Bonchev–Trinajstić information content (AvgIpc) is 3.19. The van der Waals surface area contributed by atoms with Gasteiger partial charge in [0.1, 0.15) is 0 Å². The number of hydrogen-bond donors (Lipinski definition) is 0. The first-order valence-corrected chi connectivity index (χ1v) is 11.8. The molecule has 32 heavy (non-hydrogen) atoms. The molecule has 1 aromatic heterocycles. The van der Waals surface area contributed by atoms with Gasteiger partial charge in [-0.05, 0) is 71.5 Å². The van der Waals surface area contributed by atoms with Crippen molar-refractivity contribution in [1.82, 2.24) is 4.57 Å². The van der Waals surface area contributed by atoms with Gasteiger partial charge in [-0.1, -0.05) is 88.7 Å². The molecule has 0 unspecified atom stereocenters. The van der Waals surface area contributed by atoms with Crippen molar-refractivity contribution in [3.8, 4) is 11.1 Å². The first-order chi connectivity index (χ1) is 15.8. The molecular formula is C30H22BrN. The van der Waals surface area contributed by atoms with E-state index in [1.807, 2.05) is 0 Å². The summed E-state index contributed by atoms with van der Waals surface area (Å²) in [6.45, 7) is 0. The maximum absolute atomic E-state index is 3.54. The van der Waals surface area contributed by atoms with Crippen LogP contribution < -0.4 is 0 Å². The molecule has 1 heterocycles. The molecule has 0 N–H and O–H groups in total. The zero-order chi connectivity index (χ0) is 21.5. The van der Waals surface area contributed by atoms with E-state index >= 15 is 0 Å². The fourth-order valence-corrected chi connectivity index (χ4v) is 5.07. The van der Waals surface area contributed by atoms with Gasteiger partial charge >= 0.3 is 0 Å². The van der Waals surface area contributed by atoms with Gasteiger partial charge in [0.05, 0.1) is 11.0 Å². The van der Waals surface area contributed by atoms with Crippen LogP contribution in [0.2, 0.25) is 0 Å². The normalized spacial score (nSPS) is 13.9. The van der Waals surface area contributed by atoms with E-state index in [4.69, 9.17) is 0 Å². The molecule has 0 bridgehead atoms. The summed E-state index contributed by atoms with van der Waals surface area (Å²) < 4.78 is 3.57. The second-order valence-electron chi connectivity index (χ2n) is 8.31. The third kappa shape index (κ3) is 3.32. The van der Waals surface area contributed by atoms with Crippen LogP contribution in [0.4, 0.5) is 0 Å². The molecule has 0 amide bonds. The van der Waals surface area contributed by atoms with Gasteiger partial charge in [-0.3, -0.25) is 0 Å². The molecule has 4 aromatic carbocycles. The molecule has 5 aromatic rings. The van der Waals surface area contributed by atoms with Gasteiger partial charge in [-0.15, -0.1) is 0 Å². The number of aromatic nitrogens is 1. The molecule has 0 spiro atoms. The van der Waals surface area contributed by atoms with E-state index in [1.54, 1.807) is 0 Å². The second-order valence-corrected chi connectivity index (χ2v) is 9.22. The molecule has 0 aliphatic heterocycles. The Hall–Kier alpha value is -3.36. The summed E-state index contributed by atoms with van der Waals surface area (Å²) in [6, 6.07) is 34.9. The van der Waals surface area contributed by atoms with Gasteiger partial charge in [0.25, 0.3) is 0 Å². The van der Waals surface area contributed by atoms with E-state index in [9.17, 15) is 0 Å². The minimum absolute atomic E-state index is 1.02. The van der Waals surface area contributed by atoms with Crippen LogP contribution in [0.1, 0.15) is 18.4 Å². The number of rotatable bonds is 3. The zero-order valence-corrected chi connectivity index (χ0v) is 19.2. The smallest absolute Gasteiger partial charge is 0.0538 e. The molecule has 1 aliphatic carbocycles. The van der Waals surface area contributed by atoms with Crippen LogP contribution in [0.5, 0.6) is 0 Å². The number of benzene rings is 4. The Morgan fingerprint density at radius 2 is 1.28 bits per heavy atom. The highest BCUT2D eigenvalue weighted by atomic mass is 79.9. The summed E-state index contributed by atoms with van der Waals surface area (Å²) in [5.41, 5.74) is 9.12. The topological polar surface area (TPSA) is 4.93 Å². The Morgan fingerprint density at radius 3 is 2.06 bits per heavy atom. The van der Waals surface area contributed by atoms with Crippen LogP contribution in [0, 0.1) is 0 Å². The lowest BCUT2D eigenvalue weighted by atomic mass is 9.96. The first-order valence-electron chi connectivity index (χ1n) is 11.0. The summed E-state index contributed by atoms with van der Waals surface area (Å²) in [5.74, 6) is 0. The minimum atomic E-state index is 1.02. The predicted octanol–water partition coefficient (Wildman–Crippen LogP) is 8.94. The van der Waals surface area contributed by atoms with Gasteiger partial charge in [0.2, 0.25) is 0 Å². The Labute approximate surface area is 196 Å². The molecule has 154 valence electrons. The quantitative estimate of drug-likeness (QED) is 0.245. The standard InChI is InChI=1S/C30H22BrN/c31-25-15-10-22(11-16-25)23-12-17-26(18-13-23)32-29-9-5-4-8-27(29)28-20-24(14-19-30(28)32)21-6-2-1-3-7-21/h1-12,14-17,19-20H,13,18H2. The number of allylic oxidation sites excluding steroid dienone is 4. The van der Waals surface area contributed by atoms with E-state index in [0.717, 1.165) is 17.3 Å². The number of halogens is 1. The number of fused-ring (bicyclic) bond motifs is 3. The molecule has 0 atom stereocenters. The molecule has 1 aliphatic rings. The van der Waals surface area contributed by atoms with Gasteiger partial charge < -0.3 is 4.57 Å². The van der Waals surface area contributed by atoms with Gasteiger partial charge in [-0.25, -0.2) is 0 Å². The lowest BCUT2D eigenvalue weighted by molar-refractivity contribution is 0.992. The monoisotopic (exact) mass is 475 g/mol. The summed E-state index contributed by atoms with van der Waals surface area (Å²) in [6.07, 6.45) is 6.67. The van der Waals surface area contributed by atoms with E-state index in [1.165, 1.54) is 49.8 Å². The van der Waals surface area contributed by atoms with Crippen molar-refractivity contribution in [3.63, 3.8) is 0 Å². The Balaban J connectivity index is 1.49. The summed E-state index contributed by atoms with van der Waals surface area (Å²) >= 11 is 3.54. The molecule has 2 heteroatoms. The van der Waals surface area contributed by atoms with Crippen molar-refractivity contribution < 1.29 is 0 Å². The van der Waals surface area contributed by atoms with Crippen molar-refractivity contribution in [1.29, 1.82) is 0 Å². The maximum Gasteiger partial charge on any atom is 0.0538 e. The van der Waals surface area contributed by atoms with Crippen molar-refractivity contribution in [3.05, 3.63) is 119 Å². The van der Waals surface area contributed by atoms with Crippen LogP contribution in [0.3, 0.4) is 0 Å². The first kappa shape index (κ1) is 19.3. The van der Waals surface area contributed by atoms with Crippen molar-refractivity contribution >= 4 is 49.0 Å². The molecule has 0 radical (unpaired) electrons. The Bertz CT molecular complexity index is 1500. The zero-order valence-electron chi connectivity index (χ0n) is 17.6. The molecule has 6 rings (SSSR count). The number of nitrogens with zero attached hydrogens (tertiary/aromatic N) is 1. The van der Waals surface area contributed by atoms with Crippen LogP contribution in [-0.2, 0) is 0 Å². The lowest BCUT2D eigenvalue weighted by Gasteiger charge is -2.18. The second kappa shape index (κ2) is 7.96. The third-order valence-corrected chi connectivity index (χ3v) is 6.94. The molecule has 1 nitrogen and oxygen atoms in total. The highest BCUT2D eigenvalue weighted by Gasteiger charge is 2.16. The fraction of sp³-hybridized carbons (Fsp3) is 0.0667. The van der Waals surface area contributed by atoms with Crippen molar-refractivity contribution in [2.45, 2.75) is 12.8 Å². The summed E-state index contributed by atoms with van der Waals surface area (Å²) in [5, 5.41) is 2.62. The average molecular weight is 476 g/mol. The van der Waals surface area contributed by atoms with Gasteiger partial charge in [0, 0.05) is 20.9 Å². The summed E-state index contributed by atoms with van der Waals surface area (Å²) in [4.78, 5) is 0. The number of hydrogen-bond acceptors (Lipinski definition) is 0. The fourth-order valence-electron chi connectivity index (χ4n) is 4.81. The molecule has 0 saturated carbocycles. The molecular weight excluding hydrogens is 454 g/mol. The minimum Gasteiger partial charge on any atom is -0.313 e. The maximum atomic E-state index is 3.54. The number of para-hydroxylation sites is 1. The summed E-state index contributed by atoms with van der Waals surface area (Å²) in [7, 11) is 0. The van der Waals surface area contributed by atoms with Crippen LogP contribution in [0.15, 0.2) is 114 Å². The largest absolute Gasteiger partial charge is 0.313 e. The highest BCUT2D eigenvalue weighted by Crippen LogP contribution is 2.38. The van der Waals surface area contributed by atoms with Crippen molar-refractivity contribution in [2.24, 2.45) is 0 Å². The van der Waals surface area contributed by atoms with Gasteiger partial charge in [0.15, 0.2) is 0 Å². The van der Waals surface area contributed by atoms with E-state index < -0.39 is 0 Å². The van der Waals surface area contributed by atoms with E-state index in [-0.39, 0.29) is 0 Å². The van der Waals surface area contributed by atoms with E-state index in [2.05, 4.69) is 130 Å². The molecule has 0 fully saturated rings. The van der Waals surface area contributed by atoms with Gasteiger partial charge in [-0.2, -0.15) is 0 Å². The molecule has 0 saturated heterocycles. The van der Waals surface area contributed by atoms with Crippen LogP contribution in [-0.4, -0.2) is 4.57 Å². The van der Waals surface area contributed by atoms with Crippen LogP contribution in [0.25, 0.3) is 44.2 Å².